The van der Waals surface area contributed by atoms with Gasteiger partial charge in [-0.2, -0.15) is 8.78 Å². The molecule has 8 heteroatoms. The fourth-order valence-electron chi connectivity index (χ4n) is 3.05. The molecular weight excluding hydrogens is 384 g/mol. The molecule has 1 amide bonds. The minimum Gasteiger partial charge on any atom is -0.497 e. The second kappa shape index (κ2) is 8.38. The highest BCUT2D eigenvalue weighted by atomic mass is 19.3. The molecule has 0 saturated heterocycles. The topological polar surface area (TPSA) is 61.1 Å². The van der Waals surface area contributed by atoms with Crippen LogP contribution < -0.4 is 14.2 Å². The SMILES string of the molecule is COc1ccc2oc(C(=O)N(C)Cc3ccc(OC(F)F)c(OC)c3)c(C)c2c1. The van der Waals surface area contributed by atoms with Crippen molar-refractivity contribution in [3.63, 3.8) is 0 Å². The van der Waals surface area contributed by atoms with Crippen LogP contribution >= 0.6 is 0 Å². The van der Waals surface area contributed by atoms with Gasteiger partial charge in [0.2, 0.25) is 0 Å². The summed E-state index contributed by atoms with van der Waals surface area (Å²) in [5.74, 6) is 0.704. The maximum absolute atomic E-state index is 12.9. The normalized spacial score (nSPS) is 11.0. The summed E-state index contributed by atoms with van der Waals surface area (Å²) in [5.41, 5.74) is 2.00. The highest BCUT2D eigenvalue weighted by molar-refractivity contribution is 5.99. The van der Waals surface area contributed by atoms with Gasteiger partial charge in [0.25, 0.3) is 5.91 Å². The van der Waals surface area contributed by atoms with Crippen molar-refractivity contribution in [3.8, 4) is 17.2 Å². The van der Waals surface area contributed by atoms with E-state index in [0.717, 1.165) is 5.39 Å². The number of aryl methyl sites for hydroxylation is 1. The van der Waals surface area contributed by atoms with E-state index >= 15 is 0 Å². The first-order chi connectivity index (χ1) is 13.8. The molecular formula is C21H21F2NO5. The number of amides is 1. The summed E-state index contributed by atoms with van der Waals surface area (Å²) in [6.07, 6.45) is 0. The summed E-state index contributed by atoms with van der Waals surface area (Å²) < 4.78 is 45.4. The van der Waals surface area contributed by atoms with Crippen molar-refractivity contribution in [2.45, 2.75) is 20.1 Å². The Hall–Kier alpha value is -3.29. The van der Waals surface area contributed by atoms with E-state index in [9.17, 15) is 13.6 Å². The van der Waals surface area contributed by atoms with Crippen molar-refractivity contribution in [1.29, 1.82) is 0 Å². The van der Waals surface area contributed by atoms with Crippen LogP contribution in [-0.2, 0) is 6.54 Å². The number of alkyl halides is 2. The standard InChI is InChI=1S/C21H21F2NO5/c1-12-15-10-14(26-3)6-8-16(15)28-19(12)20(25)24(2)11-13-5-7-17(29-21(22)23)18(9-13)27-4/h5-10,21H,11H2,1-4H3. The van der Waals surface area contributed by atoms with Crippen molar-refractivity contribution in [2.24, 2.45) is 0 Å². The van der Waals surface area contributed by atoms with E-state index in [1.807, 2.05) is 13.0 Å². The van der Waals surface area contributed by atoms with Crippen LogP contribution in [-0.4, -0.2) is 38.7 Å². The van der Waals surface area contributed by atoms with Crippen molar-refractivity contribution >= 4 is 16.9 Å². The molecule has 0 radical (unpaired) electrons. The van der Waals surface area contributed by atoms with Crippen molar-refractivity contribution in [2.75, 3.05) is 21.3 Å². The number of fused-ring (bicyclic) bond motifs is 1. The van der Waals surface area contributed by atoms with Gasteiger partial charge in [-0.15, -0.1) is 0 Å². The Balaban J connectivity index is 1.82. The highest BCUT2D eigenvalue weighted by Gasteiger charge is 2.22. The molecule has 2 aromatic carbocycles. The number of carbonyl (C=O) groups is 1. The van der Waals surface area contributed by atoms with E-state index < -0.39 is 6.61 Å². The van der Waals surface area contributed by atoms with Gasteiger partial charge in [0.05, 0.1) is 14.2 Å². The van der Waals surface area contributed by atoms with Crippen LogP contribution in [0.3, 0.4) is 0 Å². The van der Waals surface area contributed by atoms with Gasteiger partial charge >= 0.3 is 6.61 Å². The van der Waals surface area contributed by atoms with E-state index in [4.69, 9.17) is 13.9 Å². The largest absolute Gasteiger partial charge is 0.497 e. The molecule has 0 saturated carbocycles. The Morgan fingerprint density at radius 1 is 1.10 bits per heavy atom. The van der Waals surface area contributed by atoms with Crippen molar-refractivity contribution < 1.29 is 32.2 Å². The average molecular weight is 405 g/mol. The first kappa shape index (κ1) is 20.4. The van der Waals surface area contributed by atoms with Gasteiger partial charge in [-0.3, -0.25) is 4.79 Å². The van der Waals surface area contributed by atoms with Gasteiger partial charge in [0, 0.05) is 24.5 Å². The van der Waals surface area contributed by atoms with Gasteiger partial charge < -0.3 is 23.5 Å². The second-order valence-electron chi connectivity index (χ2n) is 6.44. The molecule has 0 spiro atoms. The second-order valence-corrected chi connectivity index (χ2v) is 6.44. The lowest BCUT2D eigenvalue weighted by atomic mass is 10.1. The lowest BCUT2D eigenvalue weighted by Crippen LogP contribution is -2.26. The van der Waals surface area contributed by atoms with Gasteiger partial charge in [-0.25, -0.2) is 0 Å². The molecule has 0 aliphatic rings. The predicted molar refractivity (Wildman–Crippen MR) is 103 cm³/mol. The maximum Gasteiger partial charge on any atom is 0.387 e. The van der Waals surface area contributed by atoms with Crippen LogP contribution in [0.2, 0.25) is 0 Å². The molecule has 0 bridgehead atoms. The van der Waals surface area contributed by atoms with Gasteiger partial charge in [-0.1, -0.05) is 6.07 Å². The first-order valence-corrected chi connectivity index (χ1v) is 8.78. The molecule has 3 aromatic rings. The molecule has 0 atom stereocenters. The zero-order valence-electron chi connectivity index (χ0n) is 16.5. The third kappa shape index (κ3) is 4.26. The fourth-order valence-corrected chi connectivity index (χ4v) is 3.05. The lowest BCUT2D eigenvalue weighted by Gasteiger charge is -2.18. The van der Waals surface area contributed by atoms with E-state index in [-0.39, 0.29) is 29.7 Å². The number of methoxy groups -OCH3 is 2. The number of benzene rings is 2. The molecule has 1 aromatic heterocycles. The van der Waals surface area contributed by atoms with Crippen LogP contribution in [0.1, 0.15) is 21.7 Å². The van der Waals surface area contributed by atoms with Gasteiger partial charge in [0.1, 0.15) is 11.3 Å². The quantitative estimate of drug-likeness (QED) is 0.574. The van der Waals surface area contributed by atoms with E-state index in [1.54, 1.807) is 38.4 Å². The van der Waals surface area contributed by atoms with Crippen LogP contribution in [0.5, 0.6) is 17.2 Å². The number of hydrogen-bond donors (Lipinski definition) is 0. The summed E-state index contributed by atoms with van der Waals surface area (Å²) in [4.78, 5) is 14.4. The number of carbonyl (C=O) groups excluding carboxylic acids is 1. The number of rotatable bonds is 7. The summed E-state index contributed by atoms with van der Waals surface area (Å²) in [7, 11) is 4.56. The molecule has 0 aliphatic carbocycles. The number of ether oxygens (including phenoxy) is 3. The van der Waals surface area contributed by atoms with Crippen LogP contribution in [0.4, 0.5) is 8.78 Å². The van der Waals surface area contributed by atoms with Crippen molar-refractivity contribution in [3.05, 3.63) is 53.3 Å². The van der Waals surface area contributed by atoms with Gasteiger partial charge in [0.15, 0.2) is 17.3 Å². The maximum atomic E-state index is 12.9. The lowest BCUT2D eigenvalue weighted by molar-refractivity contribution is -0.0512. The Bertz CT molecular complexity index is 1030. The monoisotopic (exact) mass is 405 g/mol. The van der Waals surface area contributed by atoms with Crippen LogP contribution in [0, 0.1) is 6.92 Å². The minimum absolute atomic E-state index is 0.0673. The van der Waals surface area contributed by atoms with Crippen LogP contribution in [0.25, 0.3) is 11.0 Å². The van der Waals surface area contributed by atoms with E-state index in [0.29, 0.717) is 22.5 Å². The van der Waals surface area contributed by atoms with E-state index in [2.05, 4.69) is 4.74 Å². The smallest absolute Gasteiger partial charge is 0.387 e. The number of furan rings is 1. The third-order valence-electron chi connectivity index (χ3n) is 4.55. The van der Waals surface area contributed by atoms with Crippen molar-refractivity contribution in [1.82, 2.24) is 4.90 Å². The highest BCUT2D eigenvalue weighted by Crippen LogP contribution is 2.31. The molecule has 1 heterocycles. The Morgan fingerprint density at radius 2 is 1.86 bits per heavy atom. The summed E-state index contributed by atoms with van der Waals surface area (Å²) >= 11 is 0. The zero-order valence-corrected chi connectivity index (χ0v) is 16.5. The predicted octanol–water partition coefficient (Wildman–Crippen LogP) is 4.63. The summed E-state index contributed by atoms with van der Waals surface area (Å²) in [6.45, 7) is -0.913. The molecule has 0 unspecified atom stereocenters. The first-order valence-electron chi connectivity index (χ1n) is 8.78. The molecule has 0 aliphatic heterocycles. The summed E-state index contributed by atoms with van der Waals surface area (Å²) in [5, 5.41) is 0.802. The van der Waals surface area contributed by atoms with Crippen LogP contribution in [0.15, 0.2) is 40.8 Å². The van der Waals surface area contributed by atoms with E-state index in [1.165, 1.54) is 18.1 Å². The summed E-state index contributed by atoms with van der Waals surface area (Å²) in [6, 6.07) is 9.87. The molecule has 154 valence electrons. The fraction of sp³-hybridized carbons (Fsp3) is 0.286. The van der Waals surface area contributed by atoms with Gasteiger partial charge in [-0.05, 0) is 42.8 Å². The Labute approximate surface area is 166 Å². The minimum atomic E-state index is -2.95. The average Bonchev–Trinajstić information content (AvgIpc) is 3.03. The number of hydrogen-bond acceptors (Lipinski definition) is 5. The molecule has 3 rings (SSSR count). The molecule has 0 fully saturated rings. The molecule has 6 nitrogen and oxygen atoms in total. The number of halogens is 2. The molecule has 29 heavy (non-hydrogen) atoms. The molecule has 0 N–H and O–H groups in total. The Kier molecular flexibility index (Phi) is 5.91. The Morgan fingerprint density at radius 3 is 2.52 bits per heavy atom. The third-order valence-corrected chi connectivity index (χ3v) is 4.55. The number of nitrogens with zero attached hydrogens (tertiary/aromatic N) is 1. The zero-order chi connectivity index (χ0) is 21.1.